The van der Waals surface area contributed by atoms with Crippen molar-refractivity contribution < 1.29 is 9.90 Å². The number of benzene rings is 1. The molecule has 1 heterocycles. The molecule has 0 aliphatic rings. The summed E-state index contributed by atoms with van der Waals surface area (Å²) in [7, 11) is 0. The number of aromatic nitrogens is 1. The molecule has 4 heteroatoms. The van der Waals surface area contributed by atoms with Crippen LogP contribution in [-0.4, -0.2) is 15.9 Å². The fraction of sp³-hybridized carbons (Fsp3) is 0.167. The first kappa shape index (κ1) is 11.0. The lowest BCUT2D eigenvalue weighted by Crippen LogP contribution is -2.13. The molecular weight excluding hydrogens is 222 g/mol. The van der Waals surface area contributed by atoms with Gasteiger partial charge in [0.1, 0.15) is 6.10 Å². The highest BCUT2D eigenvalue weighted by atomic mass is 32.1. The Bertz CT molecular complexity index is 453. The van der Waals surface area contributed by atoms with Crippen molar-refractivity contribution in [2.75, 3.05) is 0 Å². The van der Waals surface area contributed by atoms with Crippen molar-refractivity contribution in [3.63, 3.8) is 0 Å². The molecule has 0 saturated carbocycles. The van der Waals surface area contributed by atoms with E-state index in [1.165, 1.54) is 11.3 Å². The molecule has 1 N–H and O–H groups in total. The molecule has 1 aromatic heterocycles. The molecule has 0 bridgehead atoms. The molecule has 16 heavy (non-hydrogen) atoms. The zero-order valence-electron chi connectivity index (χ0n) is 8.54. The summed E-state index contributed by atoms with van der Waals surface area (Å²) in [6.07, 6.45) is 0.851. The van der Waals surface area contributed by atoms with Crippen LogP contribution in [0.15, 0.2) is 42.0 Å². The average molecular weight is 233 g/mol. The van der Waals surface area contributed by atoms with Crippen LogP contribution in [0, 0.1) is 0 Å². The SMILES string of the molecule is O=C(Cc1cncs1)C(O)c1ccccc1. The molecule has 3 nitrogen and oxygen atoms in total. The number of thiazole rings is 1. The second-order valence-corrected chi connectivity index (χ2v) is 4.39. The molecule has 82 valence electrons. The fourth-order valence-electron chi connectivity index (χ4n) is 1.42. The third kappa shape index (κ3) is 2.53. The van der Waals surface area contributed by atoms with Gasteiger partial charge in [0.2, 0.25) is 0 Å². The van der Waals surface area contributed by atoms with Crippen molar-refractivity contribution in [1.82, 2.24) is 4.98 Å². The predicted octanol–water partition coefficient (Wildman–Crippen LogP) is 1.99. The molecule has 0 radical (unpaired) electrons. The van der Waals surface area contributed by atoms with Crippen molar-refractivity contribution >= 4 is 17.1 Å². The Balaban J connectivity index is 2.05. The highest BCUT2D eigenvalue weighted by Gasteiger charge is 2.17. The quantitative estimate of drug-likeness (QED) is 0.878. The minimum Gasteiger partial charge on any atom is -0.381 e. The molecule has 2 aromatic rings. The van der Waals surface area contributed by atoms with Crippen molar-refractivity contribution in [2.45, 2.75) is 12.5 Å². The second-order valence-electron chi connectivity index (χ2n) is 3.42. The third-order valence-electron chi connectivity index (χ3n) is 2.25. The van der Waals surface area contributed by atoms with Crippen molar-refractivity contribution in [3.05, 3.63) is 52.5 Å². The molecule has 1 aromatic carbocycles. The van der Waals surface area contributed by atoms with E-state index in [2.05, 4.69) is 4.98 Å². The van der Waals surface area contributed by atoms with E-state index in [1.807, 2.05) is 6.07 Å². The van der Waals surface area contributed by atoms with Crippen molar-refractivity contribution in [1.29, 1.82) is 0 Å². The van der Waals surface area contributed by atoms with Crippen LogP contribution < -0.4 is 0 Å². The van der Waals surface area contributed by atoms with E-state index < -0.39 is 6.10 Å². The summed E-state index contributed by atoms with van der Waals surface area (Å²) in [5.41, 5.74) is 2.31. The lowest BCUT2D eigenvalue weighted by molar-refractivity contribution is -0.126. The number of hydrogen-bond donors (Lipinski definition) is 1. The van der Waals surface area contributed by atoms with Gasteiger partial charge in [0, 0.05) is 17.5 Å². The Labute approximate surface area is 97.4 Å². The minimum atomic E-state index is -1.04. The maximum absolute atomic E-state index is 11.7. The van der Waals surface area contributed by atoms with Gasteiger partial charge in [-0.05, 0) is 5.56 Å². The number of nitrogens with zero attached hydrogens (tertiary/aromatic N) is 1. The van der Waals surface area contributed by atoms with Gasteiger partial charge in [-0.15, -0.1) is 11.3 Å². The first-order valence-corrected chi connectivity index (χ1v) is 5.78. The lowest BCUT2D eigenvalue weighted by atomic mass is 10.0. The van der Waals surface area contributed by atoms with Gasteiger partial charge in [-0.3, -0.25) is 9.78 Å². The molecule has 0 spiro atoms. The molecule has 0 saturated heterocycles. The van der Waals surface area contributed by atoms with Crippen LogP contribution in [0.25, 0.3) is 0 Å². The molecule has 1 atom stereocenters. The summed E-state index contributed by atoms with van der Waals surface area (Å²) >= 11 is 1.42. The lowest BCUT2D eigenvalue weighted by Gasteiger charge is -2.08. The Morgan fingerprint density at radius 1 is 1.38 bits per heavy atom. The van der Waals surface area contributed by atoms with Gasteiger partial charge in [0.25, 0.3) is 0 Å². The smallest absolute Gasteiger partial charge is 0.171 e. The van der Waals surface area contributed by atoms with E-state index in [0.29, 0.717) is 5.56 Å². The Kier molecular flexibility index (Phi) is 3.44. The zero-order valence-corrected chi connectivity index (χ0v) is 9.35. The van der Waals surface area contributed by atoms with E-state index >= 15 is 0 Å². The summed E-state index contributed by atoms with van der Waals surface area (Å²) in [5.74, 6) is -0.199. The maximum Gasteiger partial charge on any atom is 0.171 e. The number of ketones is 1. The van der Waals surface area contributed by atoms with Gasteiger partial charge >= 0.3 is 0 Å². The van der Waals surface area contributed by atoms with Crippen LogP contribution >= 0.6 is 11.3 Å². The average Bonchev–Trinajstić information content (AvgIpc) is 2.82. The predicted molar refractivity (Wildman–Crippen MR) is 62.2 cm³/mol. The fourth-order valence-corrected chi connectivity index (χ4v) is 2.02. The van der Waals surface area contributed by atoms with Crippen LogP contribution in [-0.2, 0) is 11.2 Å². The van der Waals surface area contributed by atoms with E-state index in [9.17, 15) is 9.90 Å². The van der Waals surface area contributed by atoms with Gasteiger partial charge < -0.3 is 5.11 Å². The van der Waals surface area contributed by atoms with Crippen LogP contribution in [0.4, 0.5) is 0 Å². The summed E-state index contributed by atoms with van der Waals surface area (Å²) < 4.78 is 0. The first-order chi connectivity index (χ1) is 7.77. The van der Waals surface area contributed by atoms with Gasteiger partial charge in [-0.1, -0.05) is 30.3 Å². The van der Waals surface area contributed by atoms with E-state index in [0.717, 1.165) is 4.88 Å². The highest BCUT2D eigenvalue weighted by molar-refractivity contribution is 7.09. The second kappa shape index (κ2) is 5.01. The van der Waals surface area contributed by atoms with E-state index in [-0.39, 0.29) is 12.2 Å². The van der Waals surface area contributed by atoms with Gasteiger partial charge in [0.05, 0.1) is 5.51 Å². The molecule has 0 amide bonds. The Morgan fingerprint density at radius 3 is 2.75 bits per heavy atom. The van der Waals surface area contributed by atoms with Crippen molar-refractivity contribution in [2.24, 2.45) is 0 Å². The van der Waals surface area contributed by atoms with Gasteiger partial charge in [-0.25, -0.2) is 0 Å². The molecule has 2 rings (SSSR count). The monoisotopic (exact) mass is 233 g/mol. The standard InChI is InChI=1S/C12H11NO2S/c14-11(6-10-7-13-8-16-10)12(15)9-4-2-1-3-5-9/h1-5,7-8,12,15H,6H2. The molecule has 0 aliphatic heterocycles. The molecular formula is C12H11NO2S. The normalized spacial score (nSPS) is 12.3. The minimum absolute atomic E-state index is 0.199. The number of rotatable bonds is 4. The third-order valence-corrected chi connectivity index (χ3v) is 3.03. The van der Waals surface area contributed by atoms with Gasteiger partial charge in [0.15, 0.2) is 5.78 Å². The number of aliphatic hydroxyl groups excluding tert-OH is 1. The Hall–Kier alpha value is -1.52. The number of carbonyl (C=O) groups is 1. The van der Waals surface area contributed by atoms with E-state index in [4.69, 9.17) is 0 Å². The van der Waals surface area contributed by atoms with Crippen LogP contribution in [0.1, 0.15) is 16.5 Å². The van der Waals surface area contributed by atoms with Crippen LogP contribution in [0.5, 0.6) is 0 Å². The van der Waals surface area contributed by atoms with Crippen molar-refractivity contribution in [3.8, 4) is 0 Å². The molecule has 0 fully saturated rings. The van der Waals surface area contributed by atoms with Gasteiger partial charge in [-0.2, -0.15) is 0 Å². The molecule has 1 unspecified atom stereocenters. The number of hydrogen-bond acceptors (Lipinski definition) is 4. The number of Topliss-reactive ketones (excluding diaryl/α,β-unsaturated/α-hetero) is 1. The van der Waals surface area contributed by atoms with E-state index in [1.54, 1.807) is 36.0 Å². The number of aliphatic hydroxyl groups is 1. The summed E-state index contributed by atoms with van der Waals surface area (Å²) in [6, 6.07) is 8.95. The summed E-state index contributed by atoms with van der Waals surface area (Å²) in [5, 5.41) is 9.82. The van der Waals surface area contributed by atoms with Crippen LogP contribution in [0.3, 0.4) is 0 Å². The summed E-state index contributed by atoms with van der Waals surface area (Å²) in [6.45, 7) is 0. The largest absolute Gasteiger partial charge is 0.381 e. The highest BCUT2D eigenvalue weighted by Crippen LogP contribution is 2.17. The maximum atomic E-state index is 11.7. The molecule has 0 aliphatic carbocycles. The Morgan fingerprint density at radius 2 is 2.12 bits per heavy atom. The zero-order chi connectivity index (χ0) is 11.4. The number of carbonyl (C=O) groups excluding carboxylic acids is 1. The van der Waals surface area contributed by atoms with Crippen LogP contribution in [0.2, 0.25) is 0 Å². The first-order valence-electron chi connectivity index (χ1n) is 4.90. The topological polar surface area (TPSA) is 50.2 Å². The summed E-state index contributed by atoms with van der Waals surface area (Å²) in [4.78, 5) is 16.5.